The summed E-state index contributed by atoms with van der Waals surface area (Å²) < 4.78 is 1.84. The summed E-state index contributed by atoms with van der Waals surface area (Å²) in [7, 11) is 0. The molecule has 0 aliphatic carbocycles. The largest absolute Gasteiger partial charge is 0.393 e. The van der Waals surface area contributed by atoms with Gasteiger partial charge in [0.1, 0.15) is 0 Å². The van der Waals surface area contributed by atoms with Gasteiger partial charge in [0.05, 0.1) is 11.7 Å². The Balaban J connectivity index is 2.12. The minimum Gasteiger partial charge on any atom is -0.393 e. The number of rotatable bonds is 5. The van der Waals surface area contributed by atoms with Crippen LogP contribution >= 0.6 is 31.9 Å². The van der Waals surface area contributed by atoms with Crippen LogP contribution < -0.4 is 5.32 Å². The molecular formula is C14H16Br2N2O2. The van der Waals surface area contributed by atoms with Crippen LogP contribution in [0.4, 0.5) is 0 Å². The molecule has 1 atom stereocenters. The van der Waals surface area contributed by atoms with Crippen molar-refractivity contribution in [2.45, 2.75) is 25.9 Å². The van der Waals surface area contributed by atoms with Gasteiger partial charge in [-0.3, -0.25) is 4.79 Å². The molecule has 0 bridgehead atoms. The Labute approximate surface area is 134 Å². The van der Waals surface area contributed by atoms with E-state index in [0.717, 1.165) is 19.8 Å². The van der Waals surface area contributed by atoms with Gasteiger partial charge in [0.2, 0.25) is 0 Å². The number of nitrogens with one attached hydrogen (secondary N) is 2. The number of halogens is 2. The molecule has 0 spiro atoms. The highest BCUT2D eigenvalue weighted by atomic mass is 79.9. The van der Waals surface area contributed by atoms with E-state index in [1.807, 2.05) is 19.1 Å². The number of aromatic amines is 1. The summed E-state index contributed by atoms with van der Waals surface area (Å²) in [5.74, 6) is -0.131. The highest BCUT2D eigenvalue weighted by molar-refractivity contribution is 9.13. The number of H-pyrrole nitrogens is 1. The Morgan fingerprint density at radius 2 is 2.10 bits per heavy atom. The molecule has 1 aromatic heterocycles. The quantitative estimate of drug-likeness (QED) is 0.714. The van der Waals surface area contributed by atoms with Crippen LogP contribution in [-0.2, 0) is 0 Å². The fourth-order valence-electron chi connectivity index (χ4n) is 1.96. The zero-order chi connectivity index (χ0) is 14.7. The summed E-state index contributed by atoms with van der Waals surface area (Å²) in [5.41, 5.74) is 1.51. The summed E-state index contributed by atoms with van der Waals surface area (Å²) in [5, 5.41) is 13.2. The van der Waals surface area contributed by atoms with E-state index in [1.54, 1.807) is 6.20 Å². The van der Waals surface area contributed by atoms with Crippen LogP contribution in [0.25, 0.3) is 10.9 Å². The Morgan fingerprint density at radius 1 is 1.40 bits per heavy atom. The van der Waals surface area contributed by atoms with Gasteiger partial charge in [0, 0.05) is 32.6 Å². The molecule has 0 saturated carbocycles. The van der Waals surface area contributed by atoms with Crippen molar-refractivity contribution in [2.24, 2.45) is 0 Å². The minimum absolute atomic E-state index is 0.131. The van der Waals surface area contributed by atoms with Crippen LogP contribution in [0.2, 0.25) is 0 Å². The van der Waals surface area contributed by atoms with Gasteiger partial charge in [0.15, 0.2) is 0 Å². The maximum Gasteiger partial charge on any atom is 0.253 e. The average Bonchev–Trinajstić information content (AvgIpc) is 2.81. The monoisotopic (exact) mass is 402 g/mol. The van der Waals surface area contributed by atoms with Gasteiger partial charge in [-0.1, -0.05) is 6.92 Å². The van der Waals surface area contributed by atoms with E-state index < -0.39 is 0 Å². The summed E-state index contributed by atoms with van der Waals surface area (Å²) in [4.78, 5) is 15.2. The number of fused-ring (bicyclic) bond motifs is 1. The van der Waals surface area contributed by atoms with Crippen molar-refractivity contribution in [3.05, 3.63) is 32.8 Å². The van der Waals surface area contributed by atoms with E-state index in [1.165, 1.54) is 0 Å². The van der Waals surface area contributed by atoms with E-state index in [2.05, 4.69) is 42.2 Å². The first-order valence-corrected chi connectivity index (χ1v) is 8.04. The molecule has 0 saturated heterocycles. The van der Waals surface area contributed by atoms with Crippen LogP contribution in [0.15, 0.2) is 27.3 Å². The fourth-order valence-corrected chi connectivity index (χ4v) is 2.64. The van der Waals surface area contributed by atoms with E-state index in [9.17, 15) is 9.90 Å². The molecule has 108 valence electrons. The second kappa shape index (κ2) is 6.74. The third-order valence-electron chi connectivity index (χ3n) is 3.20. The van der Waals surface area contributed by atoms with Crippen molar-refractivity contribution in [3.8, 4) is 0 Å². The number of aliphatic hydroxyl groups is 1. The van der Waals surface area contributed by atoms with Gasteiger partial charge < -0.3 is 15.4 Å². The molecule has 0 aliphatic rings. The number of carbonyl (C=O) groups is 1. The lowest BCUT2D eigenvalue weighted by Crippen LogP contribution is -2.26. The fraction of sp³-hybridized carbons (Fsp3) is 0.357. The van der Waals surface area contributed by atoms with Crippen LogP contribution in [0.3, 0.4) is 0 Å². The molecule has 2 rings (SSSR count). The summed E-state index contributed by atoms with van der Waals surface area (Å²) in [6, 6.07) is 3.84. The van der Waals surface area contributed by atoms with Crippen LogP contribution in [0, 0.1) is 0 Å². The Hall–Kier alpha value is -0.850. The summed E-state index contributed by atoms with van der Waals surface area (Å²) in [6.45, 7) is 2.39. The van der Waals surface area contributed by atoms with Gasteiger partial charge in [-0.15, -0.1) is 0 Å². The van der Waals surface area contributed by atoms with Crippen molar-refractivity contribution in [3.63, 3.8) is 0 Å². The highest BCUT2D eigenvalue weighted by Gasteiger charge is 2.13. The highest BCUT2D eigenvalue weighted by Crippen LogP contribution is 2.29. The molecule has 2 aromatic rings. The van der Waals surface area contributed by atoms with Gasteiger partial charge in [-0.25, -0.2) is 0 Å². The Bertz CT molecular complexity index is 625. The van der Waals surface area contributed by atoms with Crippen molar-refractivity contribution in [1.29, 1.82) is 0 Å². The zero-order valence-corrected chi connectivity index (χ0v) is 14.2. The standard InChI is InChI=1S/C14H16Br2N2O2/c1-2-8(19)3-4-17-14(20)10-7-18-13-6-12(16)11(15)5-9(10)13/h5-8,18-19H,2-4H2,1H3,(H,17,20). The summed E-state index contributed by atoms with van der Waals surface area (Å²) in [6.07, 6.45) is 2.61. The maximum atomic E-state index is 12.1. The van der Waals surface area contributed by atoms with Crippen molar-refractivity contribution in [1.82, 2.24) is 10.3 Å². The molecule has 1 aromatic carbocycles. The molecule has 0 fully saturated rings. The first-order valence-electron chi connectivity index (χ1n) is 6.45. The molecule has 1 amide bonds. The first-order chi connectivity index (χ1) is 9.52. The lowest BCUT2D eigenvalue weighted by Gasteiger charge is -2.08. The third-order valence-corrected chi connectivity index (χ3v) is 5.05. The van der Waals surface area contributed by atoms with E-state index >= 15 is 0 Å². The van der Waals surface area contributed by atoms with E-state index in [0.29, 0.717) is 24.9 Å². The second-order valence-corrected chi connectivity index (χ2v) is 6.33. The normalized spacial score (nSPS) is 12.6. The number of aromatic nitrogens is 1. The SMILES string of the molecule is CCC(O)CCNC(=O)c1c[nH]c2cc(Br)c(Br)cc12. The molecule has 4 nitrogen and oxygen atoms in total. The molecule has 1 heterocycles. The molecular weight excluding hydrogens is 388 g/mol. The van der Waals surface area contributed by atoms with Gasteiger partial charge >= 0.3 is 0 Å². The topological polar surface area (TPSA) is 65.1 Å². The van der Waals surface area contributed by atoms with Gasteiger partial charge in [0.25, 0.3) is 5.91 Å². The minimum atomic E-state index is -0.358. The average molecular weight is 404 g/mol. The van der Waals surface area contributed by atoms with E-state index in [-0.39, 0.29) is 12.0 Å². The summed E-state index contributed by atoms with van der Waals surface area (Å²) >= 11 is 6.87. The third kappa shape index (κ3) is 3.42. The molecule has 20 heavy (non-hydrogen) atoms. The van der Waals surface area contributed by atoms with Gasteiger partial charge in [-0.2, -0.15) is 0 Å². The van der Waals surface area contributed by atoms with Crippen molar-refractivity contribution >= 4 is 48.7 Å². The predicted molar refractivity (Wildman–Crippen MR) is 86.9 cm³/mol. The maximum absolute atomic E-state index is 12.1. The number of hydrogen-bond acceptors (Lipinski definition) is 2. The number of amides is 1. The predicted octanol–water partition coefficient (Wildman–Crippen LogP) is 3.58. The van der Waals surface area contributed by atoms with Crippen LogP contribution in [0.1, 0.15) is 30.1 Å². The number of aliphatic hydroxyl groups excluding tert-OH is 1. The smallest absolute Gasteiger partial charge is 0.253 e. The Morgan fingerprint density at radius 3 is 2.80 bits per heavy atom. The lowest BCUT2D eigenvalue weighted by atomic mass is 10.1. The second-order valence-electron chi connectivity index (χ2n) is 4.62. The number of carbonyl (C=O) groups excluding carboxylic acids is 1. The van der Waals surface area contributed by atoms with Gasteiger partial charge in [-0.05, 0) is 56.8 Å². The molecule has 0 aliphatic heterocycles. The molecule has 1 unspecified atom stereocenters. The number of hydrogen-bond donors (Lipinski definition) is 3. The van der Waals surface area contributed by atoms with Crippen LogP contribution in [-0.4, -0.2) is 28.6 Å². The zero-order valence-electron chi connectivity index (χ0n) is 11.0. The molecule has 3 N–H and O–H groups in total. The molecule has 6 heteroatoms. The van der Waals surface area contributed by atoms with Crippen LogP contribution in [0.5, 0.6) is 0 Å². The Kier molecular flexibility index (Phi) is 5.23. The lowest BCUT2D eigenvalue weighted by molar-refractivity contribution is 0.0943. The van der Waals surface area contributed by atoms with E-state index in [4.69, 9.17) is 0 Å². The number of benzene rings is 1. The van der Waals surface area contributed by atoms with Crippen molar-refractivity contribution in [2.75, 3.05) is 6.54 Å². The van der Waals surface area contributed by atoms with Crippen molar-refractivity contribution < 1.29 is 9.90 Å². The molecule has 0 radical (unpaired) electrons. The first kappa shape index (κ1) is 15.5.